The summed E-state index contributed by atoms with van der Waals surface area (Å²) in [6.07, 6.45) is 8.78. The maximum atomic E-state index is 9.67. The summed E-state index contributed by atoms with van der Waals surface area (Å²) in [4.78, 5) is 0. The van der Waals surface area contributed by atoms with Gasteiger partial charge in [-0.3, -0.25) is 0 Å². The molecule has 1 aliphatic carbocycles. The lowest BCUT2D eigenvalue weighted by Crippen LogP contribution is -2.45. The number of ether oxygens (including phenoxy) is 2. The molecule has 0 spiro atoms. The third-order valence-electron chi connectivity index (χ3n) is 5.03. The summed E-state index contributed by atoms with van der Waals surface area (Å²) in [5, 5.41) is 9.67. The molecule has 3 nitrogen and oxygen atoms in total. The molecule has 3 heteroatoms. The zero-order valence-corrected chi connectivity index (χ0v) is 13.1. The van der Waals surface area contributed by atoms with Crippen LogP contribution in [0.25, 0.3) is 0 Å². The predicted molar refractivity (Wildman–Crippen MR) is 79.0 cm³/mol. The van der Waals surface area contributed by atoms with Gasteiger partial charge >= 0.3 is 0 Å². The first-order chi connectivity index (χ1) is 9.74. The highest BCUT2D eigenvalue weighted by Gasteiger charge is 2.45. The standard InChI is InChI=1S/C17H29NO2/c1-3-5-14-7-9-17(13-18,10-8-14)16-19-11-15(6-4-2)12-20-16/h14-16H,3-12H2,1-2H3. The van der Waals surface area contributed by atoms with E-state index in [4.69, 9.17) is 9.47 Å². The molecule has 0 radical (unpaired) electrons. The molecule has 1 saturated carbocycles. The summed E-state index contributed by atoms with van der Waals surface area (Å²) in [6, 6.07) is 2.55. The normalized spacial score (nSPS) is 38.4. The van der Waals surface area contributed by atoms with Crippen LogP contribution in [0.1, 0.15) is 65.2 Å². The summed E-state index contributed by atoms with van der Waals surface area (Å²) >= 11 is 0. The summed E-state index contributed by atoms with van der Waals surface area (Å²) < 4.78 is 11.9. The molecule has 114 valence electrons. The third kappa shape index (κ3) is 3.54. The Hall–Kier alpha value is -0.590. The minimum Gasteiger partial charge on any atom is -0.351 e. The molecule has 1 aliphatic heterocycles. The first-order valence-corrected chi connectivity index (χ1v) is 8.38. The van der Waals surface area contributed by atoms with Gasteiger partial charge in [-0.05, 0) is 38.0 Å². The van der Waals surface area contributed by atoms with E-state index in [2.05, 4.69) is 19.9 Å². The highest BCUT2D eigenvalue weighted by molar-refractivity contribution is 5.04. The molecule has 1 saturated heterocycles. The van der Waals surface area contributed by atoms with Gasteiger partial charge in [0.25, 0.3) is 0 Å². The van der Waals surface area contributed by atoms with E-state index in [-0.39, 0.29) is 11.7 Å². The van der Waals surface area contributed by atoms with E-state index in [0.29, 0.717) is 5.92 Å². The van der Waals surface area contributed by atoms with Gasteiger partial charge in [-0.1, -0.05) is 33.1 Å². The van der Waals surface area contributed by atoms with Crippen molar-refractivity contribution in [1.82, 2.24) is 0 Å². The van der Waals surface area contributed by atoms with Crippen LogP contribution in [-0.2, 0) is 9.47 Å². The van der Waals surface area contributed by atoms with Crippen LogP contribution in [0.5, 0.6) is 0 Å². The monoisotopic (exact) mass is 279 g/mol. The summed E-state index contributed by atoms with van der Waals surface area (Å²) in [7, 11) is 0. The Bertz CT molecular complexity index is 320. The van der Waals surface area contributed by atoms with Crippen LogP contribution in [0.15, 0.2) is 0 Å². The van der Waals surface area contributed by atoms with E-state index in [1.165, 1.54) is 19.3 Å². The quantitative estimate of drug-likeness (QED) is 0.754. The van der Waals surface area contributed by atoms with Crippen molar-refractivity contribution < 1.29 is 9.47 Å². The van der Waals surface area contributed by atoms with E-state index < -0.39 is 0 Å². The van der Waals surface area contributed by atoms with E-state index in [1.54, 1.807) is 0 Å². The number of rotatable bonds is 5. The Balaban J connectivity index is 1.88. The van der Waals surface area contributed by atoms with Crippen LogP contribution in [-0.4, -0.2) is 19.5 Å². The molecular formula is C17H29NO2. The third-order valence-corrected chi connectivity index (χ3v) is 5.03. The Morgan fingerprint density at radius 3 is 2.05 bits per heavy atom. The lowest BCUT2D eigenvalue weighted by molar-refractivity contribution is -0.247. The van der Waals surface area contributed by atoms with Crippen molar-refractivity contribution in [3.63, 3.8) is 0 Å². The van der Waals surface area contributed by atoms with Crippen LogP contribution in [0.4, 0.5) is 0 Å². The molecule has 0 bridgehead atoms. The fraction of sp³-hybridized carbons (Fsp3) is 0.941. The predicted octanol–water partition coefficient (Wildman–Crippen LogP) is 4.28. The van der Waals surface area contributed by atoms with Crippen molar-refractivity contribution in [2.75, 3.05) is 13.2 Å². The SMILES string of the molecule is CCCC1CCC(C#N)(C2OCC(CCC)CO2)CC1. The molecule has 0 amide bonds. The van der Waals surface area contributed by atoms with Crippen molar-refractivity contribution in [2.45, 2.75) is 71.5 Å². The number of nitrogens with zero attached hydrogens (tertiary/aromatic N) is 1. The maximum absolute atomic E-state index is 9.67. The number of hydrogen-bond acceptors (Lipinski definition) is 3. The molecule has 0 aromatic heterocycles. The van der Waals surface area contributed by atoms with Gasteiger partial charge in [0.05, 0.1) is 19.3 Å². The molecule has 0 N–H and O–H groups in total. The first kappa shape index (κ1) is 15.8. The van der Waals surface area contributed by atoms with Crippen LogP contribution < -0.4 is 0 Å². The second-order valence-electron chi connectivity index (χ2n) is 6.65. The fourth-order valence-corrected chi connectivity index (χ4v) is 3.73. The van der Waals surface area contributed by atoms with Gasteiger partial charge in [0.1, 0.15) is 5.41 Å². The molecular weight excluding hydrogens is 250 g/mol. The van der Waals surface area contributed by atoms with Gasteiger partial charge in [0.15, 0.2) is 6.29 Å². The zero-order chi connectivity index (χ0) is 14.4. The van der Waals surface area contributed by atoms with Crippen LogP contribution in [0.3, 0.4) is 0 Å². The second-order valence-corrected chi connectivity index (χ2v) is 6.65. The smallest absolute Gasteiger partial charge is 0.176 e. The zero-order valence-electron chi connectivity index (χ0n) is 13.1. The van der Waals surface area contributed by atoms with Gasteiger partial charge in [0, 0.05) is 5.92 Å². The largest absolute Gasteiger partial charge is 0.351 e. The van der Waals surface area contributed by atoms with Gasteiger partial charge in [-0.15, -0.1) is 0 Å². The molecule has 0 aromatic rings. The Kier molecular flexibility index (Phi) is 5.86. The lowest BCUT2D eigenvalue weighted by Gasteiger charge is -2.42. The van der Waals surface area contributed by atoms with E-state index in [0.717, 1.165) is 51.2 Å². The summed E-state index contributed by atoms with van der Waals surface area (Å²) in [5.74, 6) is 1.32. The minimum absolute atomic E-state index is 0.289. The lowest BCUT2D eigenvalue weighted by atomic mass is 9.69. The van der Waals surface area contributed by atoms with Crippen molar-refractivity contribution >= 4 is 0 Å². The van der Waals surface area contributed by atoms with E-state index in [1.807, 2.05) is 0 Å². The number of hydrogen-bond donors (Lipinski definition) is 0. The van der Waals surface area contributed by atoms with Crippen LogP contribution >= 0.6 is 0 Å². The number of nitriles is 1. The molecule has 20 heavy (non-hydrogen) atoms. The van der Waals surface area contributed by atoms with E-state index >= 15 is 0 Å². The topological polar surface area (TPSA) is 42.2 Å². The van der Waals surface area contributed by atoms with Crippen molar-refractivity contribution in [3.05, 3.63) is 0 Å². The average molecular weight is 279 g/mol. The second kappa shape index (κ2) is 7.43. The molecule has 0 unspecified atom stereocenters. The van der Waals surface area contributed by atoms with Gasteiger partial charge < -0.3 is 9.47 Å². The Morgan fingerprint density at radius 2 is 1.55 bits per heavy atom. The highest BCUT2D eigenvalue weighted by atomic mass is 16.7. The average Bonchev–Trinajstić information content (AvgIpc) is 2.50. The Morgan fingerprint density at radius 1 is 1.00 bits per heavy atom. The Labute approximate surface area is 123 Å². The summed E-state index contributed by atoms with van der Waals surface area (Å²) in [6.45, 7) is 5.96. The molecule has 2 aliphatic rings. The van der Waals surface area contributed by atoms with Crippen molar-refractivity contribution in [2.24, 2.45) is 17.3 Å². The van der Waals surface area contributed by atoms with Crippen molar-refractivity contribution in [1.29, 1.82) is 5.26 Å². The summed E-state index contributed by atoms with van der Waals surface area (Å²) in [5.41, 5.74) is -0.387. The maximum Gasteiger partial charge on any atom is 0.176 e. The molecule has 1 heterocycles. The minimum atomic E-state index is -0.387. The van der Waals surface area contributed by atoms with Crippen LogP contribution in [0.2, 0.25) is 0 Å². The van der Waals surface area contributed by atoms with Crippen LogP contribution in [0, 0.1) is 28.6 Å². The molecule has 2 fully saturated rings. The molecule has 2 rings (SSSR count). The van der Waals surface area contributed by atoms with Crippen molar-refractivity contribution in [3.8, 4) is 6.07 Å². The highest BCUT2D eigenvalue weighted by Crippen LogP contribution is 2.45. The molecule has 0 atom stereocenters. The fourth-order valence-electron chi connectivity index (χ4n) is 3.73. The van der Waals surface area contributed by atoms with Gasteiger partial charge in [-0.25, -0.2) is 0 Å². The van der Waals surface area contributed by atoms with Gasteiger partial charge in [0.2, 0.25) is 0 Å². The van der Waals surface area contributed by atoms with Gasteiger partial charge in [-0.2, -0.15) is 5.26 Å². The van der Waals surface area contributed by atoms with E-state index in [9.17, 15) is 5.26 Å². The first-order valence-electron chi connectivity index (χ1n) is 8.38. The molecule has 0 aromatic carbocycles.